The molecule has 0 aromatic carbocycles. The third kappa shape index (κ3) is 4.78. The Morgan fingerprint density at radius 3 is 2.65 bits per heavy atom. The number of allylic oxidation sites excluding steroid dienone is 2. The molecular weight excluding hydrogens is 224 g/mol. The van der Waals surface area contributed by atoms with Gasteiger partial charge in [0.25, 0.3) is 0 Å². The van der Waals surface area contributed by atoms with Crippen LogP contribution in [0.4, 0.5) is 0 Å². The molecule has 0 bridgehead atoms. The highest BCUT2D eigenvalue weighted by atomic mass is 28.3. The van der Waals surface area contributed by atoms with Gasteiger partial charge in [0.2, 0.25) is 0 Å². The average molecular weight is 252 g/mol. The number of hydrogen-bond donors (Lipinski definition) is 0. The Hall–Kier alpha value is -0.373. The van der Waals surface area contributed by atoms with Crippen LogP contribution >= 0.6 is 0 Å². The minimum atomic E-state index is -1.24. The monoisotopic (exact) mass is 252 g/mol. The van der Waals surface area contributed by atoms with Crippen LogP contribution in [-0.2, 0) is 4.79 Å². The van der Waals surface area contributed by atoms with E-state index in [9.17, 15) is 4.79 Å². The molecule has 1 atom stereocenters. The van der Waals surface area contributed by atoms with Crippen LogP contribution in [-0.4, -0.2) is 13.9 Å². The standard InChI is InChI=1S/C15H28OSi/c1-5-6-7-11-15(17(2,3)4)13-9-8-10-14(16)12-13/h11,13H,5-10,12H2,1-4H3/b15-11-. The first-order chi connectivity index (χ1) is 7.95. The van der Waals surface area contributed by atoms with Gasteiger partial charge in [0.05, 0.1) is 8.07 Å². The molecule has 0 amide bonds. The van der Waals surface area contributed by atoms with Gasteiger partial charge in [-0.3, -0.25) is 4.79 Å². The van der Waals surface area contributed by atoms with Gasteiger partial charge in [-0.15, -0.1) is 0 Å². The maximum Gasteiger partial charge on any atom is 0.133 e. The number of ketones is 1. The fourth-order valence-electron chi connectivity index (χ4n) is 2.84. The lowest BCUT2D eigenvalue weighted by molar-refractivity contribution is -0.121. The van der Waals surface area contributed by atoms with E-state index in [1.165, 1.54) is 25.7 Å². The van der Waals surface area contributed by atoms with E-state index in [2.05, 4.69) is 32.6 Å². The molecule has 0 spiro atoms. The van der Waals surface area contributed by atoms with Crippen LogP contribution in [0.1, 0.15) is 51.9 Å². The van der Waals surface area contributed by atoms with Gasteiger partial charge < -0.3 is 0 Å². The Labute approximate surface area is 108 Å². The van der Waals surface area contributed by atoms with Crippen LogP contribution in [0.15, 0.2) is 11.3 Å². The van der Waals surface area contributed by atoms with E-state index < -0.39 is 8.07 Å². The predicted molar refractivity (Wildman–Crippen MR) is 77.9 cm³/mol. The third-order valence-electron chi connectivity index (χ3n) is 3.71. The van der Waals surface area contributed by atoms with Crippen molar-refractivity contribution in [1.29, 1.82) is 0 Å². The summed E-state index contributed by atoms with van der Waals surface area (Å²) in [6, 6.07) is 0. The summed E-state index contributed by atoms with van der Waals surface area (Å²) in [5.74, 6) is 1.07. The molecule has 1 aliphatic carbocycles. The first-order valence-corrected chi connectivity index (χ1v) is 10.7. The molecular formula is C15H28OSi. The van der Waals surface area contributed by atoms with Crippen LogP contribution < -0.4 is 0 Å². The van der Waals surface area contributed by atoms with Crippen molar-refractivity contribution in [2.75, 3.05) is 0 Å². The minimum absolute atomic E-state index is 0.487. The number of unbranched alkanes of at least 4 members (excludes halogenated alkanes) is 2. The molecule has 0 radical (unpaired) electrons. The number of rotatable bonds is 5. The van der Waals surface area contributed by atoms with Crippen LogP contribution in [0.5, 0.6) is 0 Å². The second kappa shape index (κ2) is 6.53. The number of carbonyl (C=O) groups excluding carboxylic acids is 1. The summed E-state index contributed by atoms with van der Waals surface area (Å²) in [6.45, 7) is 9.50. The van der Waals surface area contributed by atoms with Crippen molar-refractivity contribution >= 4 is 13.9 Å². The zero-order valence-electron chi connectivity index (χ0n) is 12.0. The predicted octanol–water partition coefficient (Wildman–Crippen LogP) is 4.74. The summed E-state index contributed by atoms with van der Waals surface area (Å²) in [6.07, 6.45) is 10.2. The molecule has 0 aliphatic heterocycles. The zero-order chi connectivity index (χ0) is 12.9. The highest BCUT2D eigenvalue weighted by Crippen LogP contribution is 2.33. The highest BCUT2D eigenvalue weighted by molar-refractivity contribution is 6.83. The molecule has 1 unspecified atom stereocenters. The van der Waals surface area contributed by atoms with Crippen molar-refractivity contribution in [2.24, 2.45) is 5.92 Å². The fourth-order valence-corrected chi connectivity index (χ4v) is 5.06. The maximum atomic E-state index is 11.6. The Bertz CT molecular complexity index is 286. The fraction of sp³-hybridized carbons (Fsp3) is 0.800. The van der Waals surface area contributed by atoms with Crippen LogP contribution in [0.25, 0.3) is 0 Å². The summed E-state index contributed by atoms with van der Waals surface area (Å²) in [7, 11) is -1.24. The molecule has 0 aromatic rings. The van der Waals surface area contributed by atoms with E-state index in [4.69, 9.17) is 0 Å². The van der Waals surface area contributed by atoms with E-state index >= 15 is 0 Å². The van der Waals surface area contributed by atoms with E-state index in [-0.39, 0.29) is 0 Å². The normalized spacial score (nSPS) is 22.9. The van der Waals surface area contributed by atoms with Gasteiger partial charge in [-0.05, 0) is 25.2 Å². The SMILES string of the molecule is CCCC/C=C(/C1CCCC(=O)C1)[Si](C)(C)C. The minimum Gasteiger partial charge on any atom is -0.300 e. The summed E-state index contributed by atoms with van der Waals surface area (Å²) in [5, 5.41) is 1.67. The van der Waals surface area contributed by atoms with Crippen molar-refractivity contribution in [1.82, 2.24) is 0 Å². The summed E-state index contributed by atoms with van der Waals surface area (Å²) in [4.78, 5) is 11.6. The first kappa shape index (κ1) is 14.7. The van der Waals surface area contributed by atoms with Gasteiger partial charge >= 0.3 is 0 Å². The largest absolute Gasteiger partial charge is 0.300 e. The average Bonchev–Trinajstić information content (AvgIpc) is 2.22. The quantitative estimate of drug-likeness (QED) is 0.510. The summed E-state index contributed by atoms with van der Waals surface area (Å²) < 4.78 is 0. The van der Waals surface area contributed by atoms with Crippen molar-refractivity contribution < 1.29 is 4.79 Å². The second-order valence-corrected chi connectivity index (χ2v) is 11.5. The Morgan fingerprint density at radius 2 is 2.12 bits per heavy atom. The summed E-state index contributed by atoms with van der Waals surface area (Å²) in [5.41, 5.74) is 0. The van der Waals surface area contributed by atoms with Crippen LogP contribution in [0.3, 0.4) is 0 Å². The van der Waals surface area contributed by atoms with Crippen molar-refractivity contribution in [2.45, 2.75) is 71.5 Å². The van der Waals surface area contributed by atoms with E-state index in [0.29, 0.717) is 11.7 Å². The zero-order valence-corrected chi connectivity index (χ0v) is 13.0. The van der Waals surface area contributed by atoms with Gasteiger partial charge in [-0.2, -0.15) is 0 Å². The third-order valence-corrected chi connectivity index (χ3v) is 6.05. The van der Waals surface area contributed by atoms with Gasteiger partial charge in [-0.25, -0.2) is 0 Å². The lowest BCUT2D eigenvalue weighted by Gasteiger charge is -2.31. The molecule has 1 saturated carbocycles. The van der Waals surface area contributed by atoms with Gasteiger partial charge in [-0.1, -0.05) is 50.7 Å². The van der Waals surface area contributed by atoms with Crippen molar-refractivity contribution in [3.63, 3.8) is 0 Å². The number of Topliss-reactive ketones (excluding diaryl/α,β-unsaturated/α-hetero) is 1. The molecule has 0 N–H and O–H groups in total. The van der Waals surface area contributed by atoms with Gasteiger partial charge in [0, 0.05) is 12.8 Å². The van der Waals surface area contributed by atoms with Gasteiger partial charge in [0.1, 0.15) is 5.78 Å². The lowest BCUT2D eigenvalue weighted by Crippen LogP contribution is -2.32. The first-order valence-electron chi connectivity index (χ1n) is 7.17. The van der Waals surface area contributed by atoms with E-state index in [0.717, 1.165) is 19.3 Å². The molecule has 1 fully saturated rings. The Morgan fingerprint density at radius 1 is 1.41 bits per heavy atom. The van der Waals surface area contributed by atoms with Crippen LogP contribution in [0, 0.1) is 5.92 Å². The number of carbonyl (C=O) groups is 1. The molecule has 0 aromatic heterocycles. The molecule has 0 saturated heterocycles. The molecule has 0 heterocycles. The molecule has 2 heteroatoms. The lowest BCUT2D eigenvalue weighted by atomic mass is 9.87. The highest BCUT2D eigenvalue weighted by Gasteiger charge is 2.30. The smallest absolute Gasteiger partial charge is 0.133 e. The molecule has 17 heavy (non-hydrogen) atoms. The van der Waals surface area contributed by atoms with Crippen LogP contribution in [0.2, 0.25) is 19.6 Å². The molecule has 98 valence electrons. The molecule has 1 rings (SSSR count). The van der Waals surface area contributed by atoms with Crippen molar-refractivity contribution in [3.8, 4) is 0 Å². The van der Waals surface area contributed by atoms with E-state index in [1.807, 2.05) is 0 Å². The summed E-state index contributed by atoms with van der Waals surface area (Å²) >= 11 is 0. The Balaban J connectivity index is 2.75. The van der Waals surface area contributed by atoms with E-state index in [1.54, 1.807) is 5.20 Å². The van der Waals surface area contributed by atoms with Crippen molar-refractivity contribution in [3.05, 3.63) is 11.3 Å². The molecule has 1 nitrogen and oxygen atoms in total. The topological polar surface area (TPSA) is 17.1 Å². The second-order valence-electron chi connectivity index (χ2n) is 6.38. The number of hydrogen-bond acceptors (Lipinski definition) is 1. The van der Waals surface area contributed by atoms with Gasteiger partial charge in [0.15, 0.2) is 0 Å². The molecule has 1 aliphatic rings. The Kier molecular flexibility index (Phi) is 5.64. The maximum absolute atomic E-state index is 11.6.